The summed E-state index contributed by atoms with van der Waals surface area (Å²) in [6.45, 7) is 4.18. The highest BCUT2D eigenvalue weighted by Gasteiger charge is 2.29. The van der Waals surface area contributed by atoms with Crippen molar-refractivity contribution in [3.05, 3.63) is 72.3 Å². The van der Waals surface area contributed by atoms with Gasteiger partial charge in [0.1, 0.15) is 6.61 Å². The molecule has 0 aromatic heterocycles. The first kappa shape index (κ1) is 17.7. The summed E-state index contributed by atoms with van der Waals surface area (Å²) < 4.78 is 5.53. The Labute approximate surface area is 152 Å². The molecule has 2 aromatic carbocycles. The molecule has 0 aliphatic heterocycles. The quantitative estimate of drug-likeness (QED) is 0.768. The Bertz CT molecular complexity index is 785. The van der Waals surface area contributed by atoms with Crippen LogP contribution in [-0.2, 0) is 9.53 Å². The molecule has 2 aromatic rings. The van der Waals surface area contributed by atoms with Crippen LogP contribution in [0.5, 0.6) is 0 Å². The average Bonchev–Trinajstić information content (AvgIpc) is 2.97. The minimum Gasteiger partial charge on any atom is -0.481 e. The third-order valence-electron chi connectivity index (χ3n) is 4.54. The molecule has 0 fully saturated rings. The van der Waals surface area contributed by atoms with Gasteiger partial charge in [0.15, 0.2) is 0 Å². The maximum absolute atomic E-state index is 12.4. The molecule has 5 nitrogen and oxygen atoms in total. The number of hydrogen-bond donors (Lipinski definition) is 1. The van der Waals surface area contributed by atoms with Gasteiger partial charge in [0.2, 0.25) is 0 Å². The van der Waals surface area contributed by atoms with E-state index in [1.54, 1.807) is 6.08 Å². The van der Waals surface area contributed by atoms with Crippen molar-refractivity contribution in [3.8, 4) is 11.1 Å². The summed E-state index contributed by atoms with van der Waals surface area (Å²) >= 11 is 0. The molecule has 5 heteroatoms. The smallest absolute Gasteiger partial charge is 0.410 e. The van der Waals surface area contributed by atoms with Gasteiger partial charge in [-0.15, -0.1) is 6.58 Å². The van der Waals surface area contributed by atoms with Gasteiger partial charge in [-0.1, -0.05) is 54.6 Å². The Hall–Kier alpha value is -3.08. The normalized spacial score (nSPS) is 12.2. The van der Waals surface area contributed by atoms with E-state index in [-0.39, 0.29) is 32.0 Å². The highest BCUT2D eigenvalue weighted by atomic mass is 16.6. The second-order valence-corrected chi connectivity index (χ2v) is 6.18. The second-order valence-electron chi connectivity index (χ2n) is 6.18. The standard InChI is InChI=1S/C21H21NO4/c1-2-12-22(13-11-20(23)24)21(25)26-14-19-17-9-5-3-7-15(17)16-8-4-6-10-18(16)19/h2-10,19H,1,11-14H2,(H,23,24). The summed E-state index contributed by atoms with van der Waals surface area (Å²) in [5.74, 6) is -0.970. The van der Waals surface area contributed by atoms with Crippen LogP contribution in [0.25, 0.3) is 11.1 Å². The molecule has 0 spiro atoms. The summed E-state index contributed by atoms with van der Waals surface area (Å²) in [4.78, 5) is 24.5. The number of fused-ring (bicyclic) bond motifs is 3. The number of hydrogen-bond acceptors (Lipinski definition) is 3. The van der Waals surface area contributed by atoms with Crippen LogP contribution in [0.2, 0.25) is 0 Å². The lowest BCUT2D eigenvalue weighted by Gasteiger charge is -2.21. The Morgan fingerprint density at radius 2 is 1.65 bits per heavy atom. The minimum absolute atomic E-state index is 0.0172. The third kappa shape index (κ3) is 3.61. The lowest BCUT2D eigenvalue weighted by molar-refractivity contribution is -0.137. The molecule has 1 aliphatic rings. The molecule has 0 radical (unpaired) electrons. The Kier molecular flexibility index (Phi) is 5.37. The number of carboxylic acid groups (broad SMARTS) is 1. The second kappa shape index (κ2) is 7.87. The van der Waals surface area contributed by atoms with Crippen molar-refractivity contribution in [2.24, 2.45) is 0 Å². The predicted octanol–water partition coefficient (Wildman–Crippen LogP) is 3.90. The Balaban J connectivity index is 1.73. The Morgan fingerprint density at radius 3 is 2.19 bits per heavy atom. The number of carbonyl (C=O) groups is 2. The maximum Gasteiger partial charge on any atom is 0.410 e. The molecule has 0 heterocycles. The fourth-order valence-electron chi connectivity index (χ4n) is 3.33. The van der Waals surface area contributed by atoms with E-state index in [4.69, 9.17) is 9.84 Å². The van der Waals surface area contributed by atoms with Crippen LogP contribution in [-0.4, -0.2) is 41.8 Å². The number of benzene rings is 2. The topological polar surface area (TPSA) is 66.8 Å². The van der Waals surface area contributed by atoms with E-state index in [1.807, 2.05) is 24.3 Å². The van der Waals surface area contributed by atoms with Gasteiger partial charge in [-0.05, 0) is 22.3 Å². The van der Waals surface area contributed by atoms with Gasteiger partial charge in [0, 0.05) is 19.0 Å². The zero-order chi connectivity index (χ0) is 18.5. The molecule has 26 heavy (non-hydrogen) atoms. The van der Waals surface area contributed by atoms with Gasteiger partial charge in [-0.3, -0.25) is 4.79 Å². The zero-order valence-electron chi connectivity index (χ0n) is 14.4. The van der Waals surface area contributed by atoms with Gasteiger partial charge >= 0.3 is 12.1 Å². The highest BCUT2D eigenvalue weighted by molar-refractivity contribution is 5.79. The van der Waals surface area contributed by atoms with Crippen molar-refractivity contribution >= 4 is 12.1 Å². The number of rotatable bonds is 7. The fourth-order valence-corrected chi connectivity index (χ4v) is 3.33. The first-order valence-corrected chi connectivity index (χ1v) is 8.54. The van der Waals surface area contributed by atoms with Crippen LogP contribution >= 0.6 is 0 Å². The molecule has 0 saturated carbocycles. The molecule has 1 N–H and O–H groups in total. The van der Waals surface area contributed by atoms with E-state index in [0.717, 1.165) is 22.3 Å². The van der Waals surface area contributed by atoms with Crippen molar-refractivity contribution in [2.75, 3.05) is 19.7 Å². The molecule has 1 amide bonds. The van der Waals surface area contributed by atoms with E-state index in [0.29, 0.717) is 0 Å². The van der Waals surface area contributed by atoms with Crippen molar-refractivity contribution in [1.82, 2.24) is 4.90 Å². The molecule has 1 aliphatic carbocycles. The summed E-state index contributed by atoms with van der Waals surface area (Å²) in [6, 6.07) is 16.2. The fraction of sp³-hybridized carbons (Fsp3) is 0.238. The van der Waals surface area contributed by atoms with Crippen LogP contribution in [0.3, 0.4) is 0 Å². The van der Waals surface area contributed by atoms with Gasteiger partial charge < -0.3 is 14.7 Å². The van der Waals surface area contributed by atoms with E-state index < -0.39 is 12.1 Å². The summed E-state index contributed by atoms with van der Waals surface area (Å²) in [7, 11) is 0. The van der Waals surface area contributed by atoms with Crippen molar-refractivity contribution in [1.29, 1.82) is 0 Å². The zero-order valence-corrected chi connectivity index (χ0v) is 14.4. The lowest BCUT2D eigenvalue weighted by Crippen LogP contribution is -2.34. The first-order valence-electron chi connectivity index (χ1n) is 8.54. The summed E-state index contributed by atoms with van der Waals surface area (Å²) in [6.07, 6.45) is 0.912. The van der Waals surface area contributed by atoms with Crippen LogP contribution in [0.1, 0.15) is 23.5 Å². The molecule has 134 valence electrons. The van der Waals surface area contributed by atoms with Crippen LogP contribution in [0.15, 0.2) is 61.2 Å². The van der Waals surface area contributed by atoms with Crippen LogP contribution in [0, 0.1) is 0 Å². The highest BCUT2D eigenvalue weighted by Crippen LogP contribution is 2.44. The van der Waals surface area contributed by atoms with Crippen molar-refractivity contribution < 1.29 is 19.4 Å². The first-order chi connectivity index (χ1) is 12.6. The van der Waals surface area contributed by atoms with Crippen LogP contribution in [0.4, 0.5) is 4.79 Å². The van der Waals surface area contributed by atoms with Crippen LogP contribution < -0.4 is 0 Å². The monoisotopic (exact) mass is 351 g/mol. The number of nitrogens with zero attached hydrogens (tertiary/aromatic N) is 1. The van der Waals surface area contributed by atoms with E-state index in [1.165, 1.54) is 4.90 Å². The van der Waals surface area contributed by atoms with Gasteiger partial charge in [-0.25, -0.2) is 4.79 Å². The maximum atomic E-state index is 12.4. The van der Waals surface area contributed by atoms with E-state index in [9.17, 15) is 9.59 Å². The number of aliphatic carboxylic acids is 1. The summed E-state index contributed by atoms with van der Waals surface area (Å²) in [5, 5.41) is 8.83. The summed E-state index contributed by atoms with van der Waals surface area (Å²) in [5.41, 5.74) is 4.61. The number of amides is 1. The predicted molar refractivity (Wildman–Crippen MR) is 99.1 cm³/mol. The molecule has 0 unspecified atom stereocenters. The van der Waals surface area contributed by atoms with Gasteiger partial charge in [-0.2, -0.15) is 0 Å². The molecule has 0 atom stereocenters. The van der Waals surface area contributed by atoms with Gasteiger partial charge in [0.25, 0.3) is 0 Å². The van der Waals surface area contributed by atoms with Crippen molar-refractivity contribution in [2.45, 2.75) is 12.3 Å². The van der Waals surface area contributed by atoms with E-state index in [2.05, 4.69) is 30.8 Å². The molecule has 0 bridgehead atoms. The van der Waals surface area contributed by atoms with Crippen molar-refractivity contribution in [3.63, 3.8) is 0 Å². The minimum atomic E-state index is -0.953. The third-order valence-corrected chi connectivity index (χ3v) is 4.54. The molecular formula is C21H21NO4. The van der Waals surface area contributed by atoms with E-state index >= 15 is 0 Å². The largest absolute Gasteiger partial charge is 0.481 e. The number of carbonyl (C=O) groups excluding carboxylic acids is 1. The molecular weight excluding hydrogens is 330 g/mol. The molecule has 0 saturated heterocycles. The Morgan fingerprint density at radius 1 is 1.08 bits per heavy atom. The molecule has 3 rings (SSSR count). The lowest BCUT2D eigenvalue weighted by atomic mass is 9.98. The average molecular weight is 351 g/mol. The number of ether oxygens (including phenoxy) is 1. The number of carboxylic acids is 1. The van der Waals surface area contributed by atoms with Gasteiger partial charge in [0.05, 0.1) is 6.42 Å². The SMILES string of the molecule is C=CCN(CCC(=O)O)C(=O)OCC1c2ccccc2-c2ccccc21.